The van der Waals surface area contributed by atoms with E-state index < -0.39 is 15.2 Å². The summed E-state index contributed by atoms with van der Waals surface area (Å²) in [6, 6.07) is 0. The van der Waals surface area contributed by atoms with E-state index in [1.54, 1.807) is 6.08 Å². The van der Waals surface area contributed by atoms with Crippen LogP contribution >= 0.6 is 15.2 Å². The molecule has 162 valence electrons. The molecule has 0 bridgehead atoms. The van der Waals surface area contributed by atoms with E-state index in [1.807, 2.05) is 27.7 Å². The number of allylic oxidation sites excluding steroid dienone is 1. The molecule has 27 heavy (non-hydrogen) atoms. The van der Waals surface area contributed by atoms with Gasteiger partial charge < -0.3 is 18.1 Å². The van der Waals surface area contributed by atoms with Crippen LogP contribution in [0.5, 0.6) is 0 Å². The Morgan fingerprint density at radius 1 is 0.630 bits per heavy atom. The van der Waals surface area contributed by atoms with E-state index in [0.717, 1.165) is 51.4 Å². The maximum absolute atomic E-state index is 12.9. The highest BCUT2D eigenvalue weighted by Gasteiger charge is 2.25. The van der Waals surface area contributed by atoms with Crippen molar-refractivity contribution in [1.82, 2.24) is 0 Å². The number of hydrogen-bond acceptors (Lipinski definition) is 6. The van der Waals surface area contributed by atoms with Gasteiger partial charge in [0.15, 0.2) is 0 Å². The fourth-order valence-corrected chi connectivity index (χ4v) is 4.95. The summed E-state index contributed by atoms with van der Waals surface area (Å²) in [5.74, 6) is 1.41. The van der Waals surface area contributed by atoms with Crippen LogP contribution in [0.25, 0.3) is 0 Å². The van der Waals surface area contributed by atoms with Crippen LogP contribution in [0.3, 0.4) is 0 Å². The molecule has 0 unspecified atom stereocenters. The first-order chi connectivity index (χ1) is 12.9. The fraction of sp³-hybridized carbons (Fsp3) is 0.895. The van der Waals surface area contributed by atoms with Crippen molar-refractivity contribution in [2.45, 2.75) is 79.1 Å². The Kier molecular flexibility index (Phi) is 17.0. The molecule has 0 aromatic carbocycles. The molecule has 0 fully saturated rings. The van der Waals surface area contributed by atoms with Gasteiger partial charge in [-0.15, -0.1) is 0 Å². The summed E-state index contributed by atoms with van der Waals surface area (Å²) in [5.41, 5.74) is 0. The lowest BCUT2D eigenvalue weighted by Crippen LogP contribution is -2.02. The number of unbranched alkanes of at least 4 members (excludes halogenated alkanes) is 4. The summed E-state index contributed by atoms with van der Waals surface area (Å²) >= 11 is 0. The van der Waals surface area contributed by atoms with Crippen LogP contribution in [0, 0.1) is 0 Å². The van der Waals surface area contributed by atoms with Crippen molar-refractivity contribution < 1.29 is 27.2 Å². The molecule has 0 N–H and O–H groups in total. The van der Waals surface area contributed by atoms with Crippen molar-refractivity contribution >= 4 is 15.2 Å². The lowest BCUT2D eigenvalue weighted by molar-refractivity contribution is 0.202. The van der Waals surface area contributed by atoms with Gasteiger partial charge in [0.05, 0.1) is 32.6 Å². The molecule has 0 aliphatic rings. The molecule has 0 radical (unpaired) electrons. The summed E-state index contributed by atoms with van der Waals surface area (Å²) in [5, 5.41) is 0. The van der Waals surface area contributed by atoms with Crippen molar-refractivity contribution in [3.8, 4) is 0 Å². The standard InChI is InChI=1S/C19H40O6P2/c1-5-9-14-22-26(20,23-15-10-6-2)18-13-19-27(21,24-16-11-7-3)25-17-12-8-4/h13,18H,5-12,14-17,19H2,1-4H3/b18-13+. The Morgan fingerprint density at radius 3 is 1.37 bits per heavy atom. The van der Waals surface area contributed by atoms with Crippen molar-refractivity contribution in [2.24, 2.45) is 0 Å². The molecule has 0 spiro atoms. The van der Waals surface area contributed by atoms with Crippen LogP contribution in [0.2, 0.25) is 0 Å². The Bertz CT molecular complexity index is 439. The van der Waals surface area contributed by atoms with Crippen LogP contribution in [-0.4, -0.2) is 32.6 Å². The molecule has 0 rings (SSSR count). The Hall–Kier alpha value is 0.0400. The SMILES string of the molecule is CCCCOP(=O)(/C=C/CP(=O)(OCCCC)OCCCC)OCCCC. The Morgan fingerprint density at radius 2 is 1.00 bits per heavy atom. The van der Waals surface area contributed by atoms with E-state index >= 15 is 0 Å². The van der Waals surface area contributed by atoms with Gasteiger partial charge in [0.25, 0.3) is 0 Å². The highest BCUT2D eigenvalue weighted by molar-refractivity contribution is 7.57. The van der Waals surface area contributed by atoms with Crippen LogP contribution in [0.15, 0.2) is 11.9 Å². The molecule has 0 atom stereocenters. The number of hydrogen-bond donors (Lipinski definition) is 0. The zero-order chi connectivity index (χ0) is 20.4. The largest absolute Gasteiger partial charge is 0.353 e. The average Bonchev–Trinajstić information content (AvgIpc) is 2.63. The van der Waals surface area contributed by atoms with Gasteiger partial charge in [-0.1, -0.05) is 59.5 Å². The van der Waals surface area contributed by atoms with Crippen molar-refractivity contribution in [1.29, 1.82) is 0 Å². The second-order valence-corrected chi connectivity index (χ2v) is 10.5. The first-order valence-corrected chi connectivity index (χ1v) is 13.7. The molecule has 8 heteroatoms. The van der Waals surface area contributed by atoms with E-state index in [1.165, 1.54) is 5.82 Å². The quantitative estimate of drug-likeness (QED) is 0.161. The molecule has 6 nitrogen and oxygen atoms in total. The minimum atomic E-state index is -3.34. The van der Waals surface area contributed by atoms with E-state index in [9.17, 15) is 9.13 Å². The lowest BCUT2D eigenvalue weighted by atomic mass is 10.4. The first-order valence-electron chi connectivity index (χ1n) is 10.4. The minimum Gasteiger partial charge on any atom is -0.308 e. The van der Waals surface area contributed by atoms with E-state index in [4.69, 9.17) is 18.1 Å². The van der Waals surface area contributed by atoms with Gasteiger partial charge in [-0.05, 0) is 25.7 Å². The average molecular weight is 426 g/mol. The third-order valence-corrected chi connectivity index (χ3v) is 7.20. The van der Waals surface area contributed by atoms with Crippen LogP contribution < -0.4 is 0 Å². The Labute approximate surface area is 166 Å². The summed E-state index contributed by atoms with van der Waals surface area (Å²) in [6.07, 6.45) is 8.71. The summed E-state index contributed by atoms with van der Waals surface area (Å²) in [6.45, 7) is 9.72. The van der Waals surface area contributed by atoms with Crippen LogP contribution in [0.1, 0.15) is 79.1 Å². The monoisotopic (exact) mass is 426 g/mol. The highest BCUT2D eigenvalue weighted by Crippen LogP contribution is 2.53. The van der Waals surface area contributed by atoms with Gasteiger partial charge in [-0.25, -0.2) is 0 Å². The zero-order valence-electron chi connectivity index (χ0n) is 17.7. The molecule has 0 aromatic rings. The van der Waals surface area contributed by atoms with E-state index in [-0.39, 0.29) is 6.16 Å². The van der Waals surface area contributed by atoms with Gasteiger partial charge in [0.1, 0.15) is 0 Å². The van der Waals surface area contributed by atoms with Crippen molar-refractivity contribution in [2.75, 3.05) is 32.6 Å². The normalized spacial score (nSPS) is 12.9. The first kappa shape index (κ1) is 27.0. The van der Waals surface area contributed by atoms with Gasteiger partial charge in [0, 0.05) is 5.82 Å². The third kappa shape index (κ3) is 14.7. The van der Waals surface area contributed by atoms with E-state index in [0.29, 0.717) is 26.4 Å². The lowest BCUT2D eigenvalue weighted by Gasteiger charge is -2.18. The molecule has 0 aliphatic heterocycles. The van der Waals surface area contributed by atoms with Crippen molar-refractivity contribution in [3.63, 3.8) is 0 Å². The van der Waals surface area contributed by atoms with Crippen LogP contribution in [-0.2, 0) is 27.2 Å². The molecule has 0 saturated carbocycles. The van der Waals surface area contributed by atoms with Gasteiger partial charge >= 0.3 is 15.2 Å². The molecule has 0 aliphatic carbocycles. The maximum atomic E-state index is 12.9. The maximum Gasteiger partial charge on any atom is 0.353 e. The highest BCUT2D eigenvalue weighted by atomic mass is 31.2. The second-order valence-electron chi connectivity index (χ2n) is 6.47. The topological polar surface area (TPSA) is 71.1 Å². The van der Waals surface area contributed by atoms with Gasteiger partial charge in [-0.2, -0.15) is 0 Å². The zero-order valence-corrected chi connectivity index (χ0v) is 19.5. The molecule has 0 amide bonds. The summed E-state index contributed by atoms with van der Waals surface area (Å²) in [7, 11) is -6.59. The Balaban J connectivity index is 4.89. The molecule has 0 heterocycles. The second kappa shape index (κ2) is 16.9. The molecule has 0 saturated heterocycles. The smallest absolute Gasteiger partial charge is 0.308 e. The van der Waals surface area contributed by atoms with E-state index in [2.05, 4.69) is 0 Å². The molecular formula is C19H40O6P2. The van der Waals surface area contributed by atoms with Gasteiger partial charge in [-0.3, -0.25) is 9.13 Å². The molecular weight excluding hydrogens is 386 g/mol. The minimum absolute atomic E-state index is 0.0681. The predicted octanol–water partition coefficient (Wildman–Crippen LogP) is 7.15. The van der Waals surface area contributed by atoms with Crippen molar-refractivity contribution in [3.05, 3.63) is 11.9 Å². The van der Waals surface area contributed by atoms with Crippen LogP contribution in [0.4, 0.5) is 0 Å². The summed E-state index contributed by atoms with van der Waals surface area (Å²) in [4.78, 5) is 0. The summed E-state index contributed by atoms with van der Waals surface area (Å²) < 4.78 is 47.9. The predicted molar refractivity (Wildman–Crippen MR) is 113 cm³/mol. The van der Waals surface area contributed by atoms with Gasteiger partial charge in [0.2, 0.25) is 0 Å². The fourth-order valence-electron chi connectivity index (χ4n) is 1.94. The molecule has 0 aromatic heterocycles. The number of rotatable bonds is 19. The third-order valence-electron chi connectivity index (χ3n) is 3.73.